The summed E-state index contributed by atoms with van der Waals surface area (Å²) in [4.78, 5) is 45.7. The van der Waals surface area contributed by atoms with Crippen LogP contribution in [0.25, 0.3) is 0 Å². The van der Waals surface area contributed by atoms with Gasteiger partial charge in [-0.15, -0.1) is 0 Å². The molecule has 24 heavy (non-hydrogen) atoms. The Kier molecular flexibility index (Phi) is 8.93. The molecule has 0 aliphatic carbocycles. The lowest BCUT2D eigenvalue weighted by Gasteiger charge is -2.25. The van der Waals surface area contributed by atoms with Gasteiger partial charge in [0.25, 0.3) is 0 Å². The molecule has 0 heterocycles. The first-order valence-corrected chi connectivity index (χ1v) is 7.50. The summed E-state index contributed by atoms with van der Waals surface area (Å²) in [6, 6.07) is -4.04. The fourth-order valence-electron chi connectivity index (χ4n) is 1.80. The lowest BCUT2D eigenvalue weighted by Crippen LogP contribution is -2.59. The molecule has 0 aromatic heterocycles. The predicted octanol–water partition coefficient (Wildman–Crippen LogP) is -1.73. The first-order chi connectivity index (χ1) is 11.0. The first kappa shape index (κ1) is 21.8. The van der Waals surface area contributed by atoms with Crippen molar-refractivity contribution < 1.29 is 34.5 Å². The Bertz CT molecular complexity index is 481. The van der Waals surface area contributed by atoms with Gasteiger partial charge in [0, 0.05) is 0 Å². The third-order valence-corrected chi connectivity index (χ3v) is 3.62. The third-order valence-electron chi connectivity index (χ3n) is 3.62. The Balaban J connectivity index is 5.04. The van der Waals surface area contributed by atoms with Gasteiger partial charge in [-0.2, -0.15) is 0 Å². The van der Waals surface area contributed by atoms with Crippen LogP contribution in [0.4, 0.5) is 0 Å². The molecule has 0 aliphatic heterocycles. The highest BCUT2D eigenvalue weighted by atomic mass is 16.4. The second kappa shape index (κ2) is 9.83. The Labute approximate surface area is 139 Å². The van der Waals surface area contributed by atoms with Gasteiger partial charge in [-0.1, -0.05) is 20.3 Å². The molecule has 0 aromatic carbocycles. The normalized spacial score (nSPS) is 17.0. The summed E-state index contributed by atoms with van der Waals surface area (Å²) in [6.45, 7) is 4.81. The number of aliphatic hydroxyl groups is 1. The van der Waals surface area contributed by atoms with Crippen LogP contribution >= 0.6 is 0 Å². The molecule has 138 valence electrons. The number of carbonyl (C=O) groups excluding carboxylic acids is 2. The van der Waals surface area contributed by atoms with Crippen molar-refractivity contribution in [3.63, 3.8) is 0 Å². The summed E-state index contributed by atoms with van der Waals surface area (Å²) in [5.74, 6) is -4.81. The zero-order chi connectivity index (χ0) is 19.0. The highest BCUT2D eigenvalue weighted by molar-refractivity contribution is 5.93. The van der Waals surface area contributed by atoms with Gasteiger partial charge in [0.2, 0.25) is 11.8 Å². The van der Waals surface area contributed by atoms with E-state index in [1.54, 1.807) is 6.92 Å². The number of aliphatic carboxylic acids is 2. The molecule has 0 fully saturated rings. The molecule has 0 aliphatic rings. The van der Waals surface area contributed by atoms with E-state index in [-0.39, 0.29) is 5.92 Å². The van der Waals surface area contributed by atoms with Crippen molar-refractivity contribution in [1.82, 2.24) is 10.6 Å². The molecule has 0 rings (SSSR count). The van der Waals surface area contributed by atoms with Gasteiger partial charge in [-0.25, -0.2) is 4.79 Å². The Morgan fingerprint density at radius 3 is 1.96 bits per heavy atom. The summed E-state index contributed by atoms with van der Waals surface area (Å²) in [6.07, 6.45) is -1.55. The highest BCUT2D eigenvalue weighted by Gasteiger charge is 2.32. The largest absolute Gasteiger partial charge is 0.481 e. The van der Waals surface area contributed by atoms with Crippen LogP contribution < -0.4 is 16.4 Å². The van der Waals surface area contributed by atoms with E-state index in [2.05, 4.69) is 5.32 Å². The van der Waals surface area contributed by atoms with Crippen LogP contribution in [0.1, 0.15) is 33.6 Å². The molecule has 10 heteroatoms. The molecular weight excluding hydrogens is 322 g/mol. The summed E-state index contributed by atoms with van der Waals surface area (Å²) in [5.41, 5.74) is 5.74. The number of aliphatic hydroxyl groups excluding tert-OH is 1. The van der Waals surface area contributed by atoms with Crippen molar-refractivity contribution in [2.45, 2.75) is 57.8 Å². The van der Waals surface area contributed by atoms with Crippen molar-refractivity contribution in [2.75, 3.05) is 0 Å². The third kappa shape index (κ3) is 6.92. The van der Waals surface area contributed by atoms with Gasteiger partial charge < -0.3 is 31.7 Å². The van der Waals surface area contributed by atoms with Crippen LogP contribution in [0.15, 0.2) is 0 Å². The maximum absolute atomic E-state index is 12.1. The van der Waals surface area contributed by atoms with Crippen LogP contribution in [0.3, 0.4) is 0 Å². The molecule has 0 spiro atoms. The van der Waals surface area contributed by atoms with Crippen molar-refractivity contribution in [1.29, 1.82) is 0 Å². The van der Waals surface area contributed by atoms with Crippen molar-refractivity contribution in [3.8, 4) is 0 Å². The fourth-order valence-corrected chi connectivity index (χ4v) is 1.80. The molecule has 0 bridgehead atoms. The van der Waals surface area contributed by atoms with E-state index in [1.165, 1.54) is 6.92 Å². The minimum Gasteiger partial charge on any atom is -0.481 e. The average Bonchev–Trinajstić information content (AvgIpc) is 2.48. The van der Waals surface area contributed by atoms with Crippen LogP contribution in [0.5, 0.6) is 0 Å². The number of amides is 2. The average molecular weight is 347 g/mol. The van der Waals surface area contributed by atoms with E-state index in [0.29, 0.717) is 6.42 Å². The SMILES string of the molecule is CC[C@H](C)[C@H](N)C(=O)N[C@H](C(=O)N[C@@H](CC(=O)O)C(=O)O)[C@@H](C)O. The Morgan fingerprint density at radius 1 is 1.04 bits per heavy atom. The highest BCUT2D eigenvalue weighted by Crippen LogP contribution is 2.06. The first-order valence-electron chi connectivity index (χ1n) is 7.50. The van der Waals surface area contributed by atoms with Gasteiger partial charge in [-0.05, 0) is 12.8 Å². The van der Waals surface area contributed by atoms with Crippen LogP contribution in [0.2, 0.25) is 0 Å². The second-order valence-corrected chi connectivity index (χ2v) is 5.64. The number of hydrogen-bond donors (Lipinski definition) is 6. The van der Waals surface area contributed by atoms with Gasteiger partial charge in [0.05, 0.1) is 18.6 Å². The van der Waals surface area contributed by atoms with Crippen molar-refractivity contribution in [2.24, 2.45) is 11.7 Å². The molecule has 5 atom stereocenters. The zero-order valence-corrected chi connectivity index (χ0v) is 13.9. The van der Waals surface area contributed by atoms with E-state index >= 15 is 0 Å². The molecule has 0 saturated heterocycles. The van der Waals surface area contributed by atoms with E-state index < -0.39 is 54.4 Å². The van der Waals surface area contributed by atoms with Gasteiger partial charge in [-0.3, -0.25) is 14.4 Å². The van der Waals surface area contributed by atoms with Crippen LogP contribution in [-0.4, -0.2) is 63.3 Å². The maximum atomic E-state index is 12.1. The lowest BCUT2D eigenvalue weighted by molar-refractivity contribution is -0.147. The van der Waals surface area contributed by atoms with Gasteiger partial charge in [0.1, 0.15) is 12.1 Å². The van der Waals surface area contributed by atoms with Gasteiger partial charge in [0.15, 0.2) is 0 Å². The smallest absolute Gasteiger partial charge is 0.326 e. The molecule has 0 saturated carbocycles. The van der Waals surface area contributed by atoms with E-state index in [9.17, 15) is 24.3 Å². The maximum Gasteiger partial charge on any atom is 0.326 e. The van der Waals surface area contributed by atoms with Crippen molar-refractivity contribution in [3.05, 3.63) is 0 Å². The van der Waals surface area contributed by atoms with Crippen LogP contribution in [0, 0.1) is 5.92 Å². The molecule has 0 radical (unpaired) electrons. The summed E-state index contributed by atoms with van der Waals surface area (Å²) in [7, 11) is 0. The zero-order valence-electron chi connectivity index (χ0n) is 13.9. The molecule has 7 N–H and O–H groups in total. The fraction of sp³-hybridized carbons (Fsp3) is 0.714. The quantitative estimate of drug-likeness (QED) is 0.270. The summed E-state index contributed by atoms with van der Waals surface area (Å²) < 4.78 is 0. The minimum absolute atomic E-state index is 0.165. The summed E-state index contributed by atoms with van der Waals surface area (Å²) in [5, 5.41) is 31.5. The van der Waals surface area contributed by atoms with E-state index in [1.807, 2.05) is 12.2 Å². The number of rotatable bonds is 10. The number of nitrogens with one attached hydrogen (secondary N) is 2. The lowest BCUT2D eigenvalue weighted by atomic mass is 9.98. The number of carboxylic acids is 2. The number of nitrogens with two attached hydrogens (primary N) is 1. The molecule has 0 unspecified atom stereocenters. The van der Waals surface area contributed by atoms with Crippen molar-refractivity contribution >= 4 is 23.8 Å². The number of carboxylic acid groups (broad SMARTS) is 2. The number of carbonyl (C=O) groups is 4. The Hall–Kier alpha value is -2.20. The van der Waals surface area contributed by atoms with E-state index in [0.717, 1.165) is 0 Å². The van der Waals surface area contributed by atoms with E-state index in [4.69, 9.17) is 15.9 Å². The van der Waals surface area contributed by atoms with Crippen LogP contribution in [-0.2, 0) is 19.2 Å². The monoisotopic (exact) mass is 347 g/mol. The predicted molar refractivity (Wildman–Crippen MR) is 82.9 cm³/mol. The number of hydrogen-bond acceptors (Lipinski definition) is 6. The standard InChI is InChI=1S/C14H25N3O7/c1-4-6(2)10(15)12(21)17-11(7(3)18)13(22)16-8(14(23)24)5-9(19)20/h6-8,10-11,18H,4-5,15H2,1-3H3,(H,16,22)(H,17,21)(H,19,20)(H,23,24)/t6-,7+,8-,10-,11-/m0/s1. The van der Waals surface area contributed by atoms with Gasteiger partial charge >= 0.3 is 11.9 Å². The molecule has 2 amide bonds. The minimum atomic E-state index is -1.68. The second-order valence-electron chi connectivity index (χ2n) is 5.64. The Morgan fingerprint density at radius 2 is 1.58 bits per heavy atom. The summed E-state index contributed by atoms with van der Waals surface area (Å²) >= 11 is 0. The molecular formula is C14H25N3O7. The topological polar surface area (TPSA) is 179 Å². The molecule has 10 nitrogen and oxygen atoms in total. The molecule has 0 aromatic rings.